The minimum Gasteiger partial charge on any atom is -0.354 e. The molecule has 6 nitrogen and oxygen atoms in total. The first-order chi connectivity index (χ1) is 17.3. The molecule has 2 N–H and O–H groups in total. The van der Waals surface area contributed by atoms with Crippen LogP contribution in [0.25, 0.3) is 11.3 Å². The number of nitrogens with one attached hydrogen (secondary N) is 2. The van der Waals surface area contributed by atoms with Crippen LogP contribution in [0.3, 0.4) is 0 Å². The Labute approximate surface area is 217 Å². The van der Waals surface area contributed by atoms with Crippen LogP contribution in [0.5, 0.6) is 0 Å². The molecule has 0 aliphatic carbocycles. The Morgan fingerprint density at radius 3 is 2.36 bits per heavy atom. The molecule has 0 bridgehead atoms. The average molecular weight is 503 g/mol. The molecule has 1 aliphatic rings. The molecular weight excluding hydrogens is 472 g/mol. The Bertz CT molecular complexity index is 1270. The van der Waals surface area contributed by atoms with Gasteiger partial charge in [-0.2, -0.15) is 0 Å². The summed E-state index contributed by atoms with van der Waals surface area (Å²) >= 11 is 6.14. The molecule has 0 saturated heterocycles. The van der Waals surface area contributed by atoms with Gasteiger partial charge < -0.3 is 20.4 Å². The monoisotopic (exact) mass is 502 g/mol. The van der Waals surface area contributed by atoms with Gasteiger partial charge >= 0.3 is 0 Å². The van der Waals surface area contributed by atoms with Crippen molar-refractivity contribution in [1.82, 2.24) is 9.80 Å². The highest BCUT2D eigenvalue weighted by molar-refractivity contribution is 6.38. The fourth-order valence-corrected chi connectivity index (χ4v) is 4.36. The summed E-state index contributed by atoms with van der Waals surface area (Å²) in [5.41, 5.74) is 5.43. The van der Waals surface area contributed by atoms with Crippen LogP contribution in [0.15, 0.2) is 72.8 Å². The largest absolute Gasteiger partial charge is 0.354 e. The highest BCUT2D eigenvalue weighted by atomic mass is 35.5. The molecule has 1 heterocycles. The number of halogens is 1. The van der Waals surface area contributed by atoms with E-state index < -0.39 is 0 Å². The molecule has 4 rings (SSSR count). The third-order valence-electron chi connectivity index (χ3n) is 6.14. The number of fused-ring (bicyclic) bond motifs is 1. The molecule has 3 aromatic rings. The third-order valence-corrected chi connectivity index (χ3v) is 6.38. The zero-order chi connectivity index (χ0) is 25.7. The van der Waals surface area contributed by atoms with Crippen LogP contribution in [0.4, 0.5) is 11.4 Å². The molecule has 186 valence electrons. The van der Waals surface area contributed by atoms with E-state index in [0.29, 0.717) is 28.4 Å². The fraction of sp³-hybridized carbons (Fsp3) is 0.241. The molecule has 0 spiro atoms. The standard InChI is InChI=1S/C29H31ClN4O2/c1-33(2)16-7-17-34(3)26(35)18-20-10-13-23(14-11-20)31-28(21-8-5-4-6-9-21)27-24-15-12-22(30)19-25(24)32-29(27)36/h4-6,8-15,19,31H,7,16-18H2,1-3H3,(H,32,36). The van der Waals surface area contributed by atoms with Crippen molar-refractivity contribution < 1.29 is 9.59 Å². The summed E-state index contributed by atoms with van der Waals surface area (Å²) in [5, 5.41) is 6.94. The molecule has 1 aliphatic heterocycles. The Morgan fingerprint density at radius 1 is 0.944 bits per heavy atom. The minimum absolute atomic E-state index is 0.0967. The highest BCUT2D eigenvalue weighted by Crippen LogP contribution is 2.38. The third kappa shape index (κ3) is 6.14. The Morgan fingerprint density at radius 2 is 1.67 bits per heavy atom. The van der Waals surface area contributed by atoms with Crippen molar-refractivity contribution in [2.75, 3.05) is 44.9 Å². The van der Waals surface area contributed by atoms with Crippen LogP contribution in [0.1, 0.15) is 23.1 Å². The van der Waals surface area contributed by atoms with Gasteiger partial charge in [0.05, 0.1) is 23.4 Å². The van der Waals surface area contributed by atoms with Crippen LogP contribution in [-0.2, 0) is 16.0 Å². The molecule has 0 aromatic heterocycles. The zero-order valence-corrected chi connectivity index (χ0v) is 21.6. The Kier molecular flexibility index (Phi) is 8.08. The molecule has 0 atom stereocenters. The van der Waals surface area contributed by atoms with Crippen molar-refractivity contribution in [1.29, 1.82) is 0 Å². The van der Waals surface area contributed by atoms with Gasteiger partial charge in [-0.3, -0.25) is 9.59 Å². The van der Waals surface area contributed by atoms with E-state index in [-0.39, 0.29) is 11.8 Å². The topological polar surface area (TPSA) is 64.7 Å². The quantitative estimate of drug-likeness (QED) is 0.393. The van der Waals surface area contributed by atoms with Gasteiger partial charge in [0.15, 0.2) is 0 Å². The number of anilines is 2. The molecular formula is C29H31ClN4O2. The number of carbonyl (C=O) groups excluding carboxylic acids is 2. The smallest absolute Gasteiger partial charge is 0.258 e. The van der Waals surface area contributed by atoms with Gasteiger partial charge in [-0.15, -0.1) is 0 Å². The first-order valence-electron chi connectivity index (χ1n) is 12.0. The van der Waals surface area contributed by atoms with E-state index in [1.54, 1.807) is 17.0 Å². The van der Waals surface area contributed by atoms with Gasteiger partial charge in [-0.25, -0.2) is 0 Å². The summed E-state index contributed by atoms with van der Waals surface area (Å²) in [4.78, 5) is 29.5. The van der Waals surface area contributed by atoms with E-state index in [0.717, 1.165) is 41.9 Å². The summed E-state index contributed by atoms with van der Waals surface area (Å²) in [5.74, 6) is -0.0856. The van der Waals surface area contributed by atoms with Crippen LogP contribution < -0.4 is 10.6 Å². The second-order valence-electron chi connectivity index (χ2n) is 9.23. The molecule has 0 radical (unpaired) electrons. The summed E-state index contributed by atoms with van der Waals surface area (Å²) in [6, 6.07) is 22.9. The molecule has 2 amide bonds. The summed E-state index contributed by atoms with van der Waals surface area (Å²) in [6.45, 7) is 1.69. The minimum atomic E-state index is -0.182. The lowest BCUT2D eigenvalue weighted by atomic mass is 10.00. The predicted molar refractivity (Wildman–Crippen MR) is 148 cm³/mol. The number of likely N-dealkylation sites (N-methyl/N-ethyl adjacent to an activating group) is 1. The van der Waals surface area contributed by atoms with Crippen molar-refractivity contribution in [2.24, 2.45) is 0 Å². The number of benzene rings is 3. The summed E-state index contributed by atoms with van der Waals surface area (Å²) < 4.78 is 0. The molecule has 7 heteroatoms. The van der Waals surface area contributed by atoms with Crippen molar-refractivity contribution in [3.05, 3.63) is 94.5 Å². The molecule has 0 saturated carbocycles. The lowest BCUT2D eigenvalue weighted by Gasteiger charge is -2.19. The van der Waals surface area contributed by atoms with Gasteiger partial charge in [0.1, 0.15) is 0 Å². The van der Waals surface area contributed by atoms with Gasteiger partial charge in [0.2, 0.25) is 5.91 Å². The first kappa shape index (κ1) is 25.5. The summed E-state index contributed by atoms with van der Waals surface area (Å²) in [6.07, 6.45) is 1.29. The van der Waals surface area contributed by atoms with Gasteiger partial charge in [0, 0.05) is 29.9 Å². The molecule has 3 aromatic carbocycles. The number of nitrogens with zero attached hydrogens (tertiary/aromatic N) is 2. The van der Waals surface area contributed by atoms with E-state index in [2.05, 4.69) is 15.5 Å². The molecule has 36 heavy (non-hydrogen) atoms. The van der Waals surface area contributed by atoms with Crippen LogP contribution in [-0.4, -0.2) is 55.8 Å². The number of rotatable bonds is 9. The maximum Gasteiger partial charge on any atom is 0.258 e. The van der Waals surface area contributed by atoms with E-state index >= 15 is 0 Å². The first-order valence-corrected chi connectivity index (χ1v) is 12.4. The van der Waals surface area contributed by atoms with Gasteiger partial charge in [-0.05, 0) is 62.5 Å². The van der Waals surface area contributed by atoms with Gasteiger partial charge in [0.25, 0.3) is 5.91 Å². The number of carbonyl (C=O) groups is 2. The van der Waals surface area contributed by atoms with E-state index in [9.17, 15) is 9.59 Å². The maximum atomic E-state index is 13.0. The SMILES string of the molecule is CN(C)CCCN(C)C(=O)Cc1ccc(NC(=C2C(=O)Nc3cc(Cl)ccc32)c2ccccc2)cc1. The van der Waals surface area contributed by atoms with E-state index in [1.165, 1.54) is 0 Å². The Balaban J connectivity index is 1.55. The van der Waals surface area contributed by atoms with Crippen molar-refractivity contribution in [2.45, 2.75) is 12.8 Å². The number of amides is 2. The number of hydrogen-bond acceptors (Lipinski definition) is 4. The van der Waals surface area contributed by atoms with Crippen molar-refractivity contribution in [3.63, 3.8) is 0 Å². The second-order valence-corrected chi connectivity index (χ2v) is 9.67. The Hall–Kier alpha value is -3.61. The van der Waals surface area contributed by atoms with Crippen LogP contribution >= 0.6 is 11.6 Å². The predicted octanol–water partition coefficient (Wildman–Crippen LogP) is 5.23. The van der Waals surface area contributed by atoms with Gasteiger partial charge in [-0.1, -0.05) is 60.1 Å². The normalized spacial score (nSPS) is 13.9. The van der Waals surface area contributed by atoms with E-state index in [4.69, 9.17) is 11.6 Å². The number of hydrogen-bond donors (Lipinski definition) is 2. The maximum absolute atomic E-state index is 13.0. The lowest BCUT2D eigenvalue weighted by Crippen LogP contribution is -2.30. The van der Waals surface area contributed by atoms with E-state index in [1.807, 2.05) is 81.8 Å². The van der Waals surface area contributed by atoms with Crippen molar-refractivity contribution >= 4 is 46.1 Å². The average Bonchev–Trinajstić information content (AvgIpc) is 3.18. The second kappa shape index (κ2) is 11.4. The van der Waals surface area contributed by atoms with Crippen molar-refractivity contribution in [3.8, 4) is 0 Å². The van der Waals surface area contributed by atoms with Crippen LogP contribution in [0, 0.1) is 0 Å². The molecule has 0 unspecified atom stereocenters. The zero-order valence-electron chi connectivity index (χ0n) is 20.8. The summed E-state index contributed by atoms with van der Waals surface area (Å²) in [7, 11) is 5.91. The molecule has 0 fully saturated rings. The highest BCUT2D eigenvalue weighted by Gasteiger charge is 2.28. The van der Waals surface area contributed by atoms with Crippen LogP contribution in [0.2, 0.25) is 5.02 Å². The lowest BCUT2D eigenvalue weighted by molar-refractivity contribution is -0.129. The fourth-order valence-electron chi connectivity index (χ4n) is 4.19.